The summed E-state index contributed by atoms with van der Waals surface area (Å²) < 4.78 is 27.7. The molecule has 0 bridgehead atoms. The quantitative estimate of drug-likeness (QED) is 0.370. The van der Waals surface area contributed by atoms with Crippen molar-refractivity contribution < 1.29 is 38.1 Å². The summed E-state index contributed by atoms with van der Waals surface area (Å²) in [4.78, 5) is 43.5. The first-order chi connectivity index (χ1) is 19.4. The number of hydrogen-bond acceptors (Lipinski definition) is 9. The maximum atomic E-state index is 14.3. The van der Waals surface area contributed by atoms with E-state index in [9.17, 15) is 14.4 Å². The Bertz CT molecular complexity index is 1490. The Kier molecular flexibility index (Phi) is 6.34. The average molecular weight is 545 g/mol. The first kappa shape index (κ1) is 25.7. The molecule has 0 saturated carbocycles. The molecule has 3 aliphatic heterocycles. The van der Waals surface area contributed by atoms with Gasteiger partial charge in [-0.15, -0.1) is 0 Å². The first-order valence-electron chi connectivity index (χ1n) is 12.9. The molecule has 0 radical (unpaired) electrons. The lowest BCUT2D eigenvalue weighted by Crippen LogP contribution is -2.53. The van der Waals surface area contributed by atoms with E-state index in [-0.39, 0.29) is 0 Å². The smallest absolute Gasteiger partial charge is 0.331 e. The van der Waals surface area contributed by atoms with Crippen LogP contribution in [0.1, 0.15) is 17.2 Å². The van der Waals surface area contributed by atoms with Crippen molar-refractivity contribution in [3.8, 4) is 23.0 Å². The molecule has 2 amide bonds. The van der Waals surface area contributed by atoms with Gasteiger partial charge < -0.3 is 23.7 Å². The van der Waals surface area contributed by atoms with Crippen LogP contribution in [0.2, 0.25) is 0 Å². The summed E-state index contributed by atoms with van der Waals surface area (Å²) >= 11 is 0. The molecule has 3 aromatic carbocycles. The van der Waals surface area contributed by atoms with Gasteiger partial charge in [-0.3, -0.25) is 14.9 Å². The number of hydrogen-bond donors (Lipinski definition) is 1. The zero-order chi connectivity index (χ0) is 28.0. The van der Waals surface area contributed by atoms with Crippen LogP contribution >= 0.6 is 0 Å². The van der Waals surface area contributed by atoms with E-state index in [4.69, 9.17) is 23.7 Å². The first-order valence-corrected chi connectivity index (χ1v) is 12.9. The lowest BCUT2D eigenvalue weighted by atomic mass is 9.75. The zero-order valence-electron chi connectivity index (χ0n) is 22.2. The Labute approximate surface area is 230 Å². The van der Waals surface area contributed by atoms with Gasteiger partial charge in [-0.1, -0.05) is 36.4 Å². The number of nitrogens with zero attached hydrogens (tertiary/aromatic N) is 1. The Morgan fingerprint density at radius 3 is 2.35 bits per heavy atom. The van der Waals surface area contributed by atoms with Crippen LogP contribution in [-0.4, -0.2) is 52.3 Å². The summed E-state index contributed by atoms with van der Waals surface area (Å²) in [7, 11) is 4.32. The molecule has 0 unspecified atom stereocenters. The molecule has 6 rings (SSSR count). The number of ether oxygens (including phenoxy) is 5. The fraction of sp³-hybridized carbons (Fsp3) is 0.300. The Hall–Kier alpha value is -4.57. The molecule has 1 N–H and O–H groups in total. The highest BCUT2D eigenvalue weighted by molar-refractivity contribution is 6.24. The van der Waals surface area contributed by atoms with E-state index in [1.807, 2.05) is 6.07 Å². The highest BCUT2D eigenvalue weighted by Gasteiger charge is 2.70. The molecule has 10 heteroatoms. The maximum absolute atomic E-state index is 14.3. The molecule has 0 spiro atoms. The minimum Gasteiger partial charge on any atom is -0.497 e. The minimum absolute atomic E-state index is 0.334. The Morgan fingerprint density at radius 1 is 0.900 bits per heavy atom. The second-order valence-electron chi connectivity index (χ2n) is 9.74. The molecule has 2 saturated heterocycles. The molecular formula is C30H28N2O8. The van der Waals surface area contributed by atoms with Crippen molar-refractivity contribution in [2.75, 3.05) is 39.4 Å². The summed E-state index contributed by atoms with van der Waals surface area (Å²) in [6, 6.07) is 18.2. The van der Waals surface area contributed by atoms with Gasteiger partial charge in [-0.05, 0) is 23.8 Å². The van der Waals surface area contributed by atoms with E-state index >= 15 is 0 Å². The average Bonchev–Trinajstić information content (AvgIpc) is 3.50. The number of anilines is 1. The van der Waals surface area contributed by atoms with Crippen molar-refractivity contribution in [1.29, 1.82) is 0 Å². The number of fused-ring (bicyclic) bond motifs is 2. The fourth-order valence-corrected chi connectivity index (χ4v) is 6.11. The van der Waals surface area contributed by atoms with Gasteiger partial charge in [0.25, 0.3) is 0 Å². The van der Waals surface area contributed by atoms with Crippen LogP contribution in [0.25, 0.3) is 0 Å². The van der Waals surface area contributed by atoms with Crippen molar-refractivity contribution in [1.82, 2.24) is 5.32 Å². The van der Waals surface area contributed by atoms with Crippen molar-refractivity contribution in [2.24, 2.45) is 11.8 Å². The predicted octanol–water partition coefficient (Wildman–Crippen LogP) is 2.99. The van der Waals surface area contributed by atoms with Crippen LogP contribution in [0.5, 0.6) is 23.0 Å². The van der Waals surface area contributed by atoms with E-state index in [2.05, 4.69) is 5.32 Å². The number of methoxy groups -OCH3 is 3. The van der Waals surface area contributed by atoms with Crippen LogP contribution in [0.4, 0.5) is 5.69 Å². The number of rotatable bonds is 6. The maximum Gasteiger partial charge on any atom is 0.331 e. The van der Waals surface area contributed by atoms with Gasteiger partial charge in [-0.25, -0.2) is 9.69 Å². The Balaban J connectivity index is 1.54. The van der Waals surface area contributed by atoms with Gasteiger partial charge in [0.1, 0.15) is 24.7 Å². The van der Waals surface area contributed by atoms with Crippen molar-refractivity contribution in [3.63, 3.8) is 0 Å². The summed E-state index contributed by atoms with van der Waals surface area (Å²) in [6.07, 6.45) is 0. The summed E-state index contributed by atoms with van der Waals surface area (Å²) in [5, 5.41) is 3.38. The second-order valence-corrected chi connectivity index (χ2v) is 9.74. The van der Waals surface area contributed by atoms with E-state index in [1.165, 1.54) is 14.2 Å². The summed E-state index contributed by atoms with van der Waals surface area (Å²) in [6.45, 7) is 0.764. The van der Waals surface area contributed by atoms with Crippen LogP contribution in [0.3, 0.4) is 0 Å². The van der Waals surface area contributed by atoms with Gasteiger partial charge in [0.15, 0.2) is 17.0 Å². The van der Waals surface area contributed by atoms with Crippen molar-refractivity contribution in [2.45, 2.75) is 11.6 Å². The Morgan fingerprint density at radius 2 is 1.65 bits per heavy atom. The van der Waals surface area contributed by atoms with Crippen LogP contribution in [-0.2, 0) is 24.7 Å². The molecule has 2 fully saturated rings. The number of imide groups is 1. The molecule has 3 aliphatic rings. The van der Waals surface area contributed by atoms with E-state index in [0.717, 1.165) is 4.90 Å². The normalized spacial score (nSPS) is 25.0. The number of esters is 1. The number of carbonyl (C=O) groups is 3. The van der Waals surface area contributed by atoms with Gasteiger partial charge in [0, 0.05) is 23.7 Å². The molecule has 206 valence electrons. The molecule has 0 aromatic heterocycles. The highest BCUT2D eigenvalue weighted by Crippen LogP contribution is 2.55. The third-order valence-corrected chi connectivity index (χ3v) is 7.86. The van der Waals surface area contributed by atoms with Crippen LogP contribution in [0.15, 0.2) is 66.7 Å². The highest BCUT2D eigenvalue weighted by atomic mass is 16.6. The van der Waals surface area contributed by atoms with Gasteiger partial charge >= 0.3 is 5.97 Å². The summed E-state index contributed by atoms with van der Waals surface area (Å²) in [5.41, 5.74) is -0.200. The predicted molar refractivity (Wildman–Crippen MR) is 142 cm³/mol. The zero-order valence-corrected chi connectivity index (χ0v) is 22.2. The number of carbonyl (C=O) groups excluding carboxylic acids is 3. The standard InChI is InChI=1S/C30H28N2O8/c1-36-19-10-11-20(22(16-19)37-2)26-24-25(30(31-26,29(35)38-3)17-7-5-4-6-8-17)28(34)32(27(24)33)18-9-12-21-23(15-18)40-14-13-39-21/h4-12,15-16,24-26,31H,13-14H2,1-3H3/t24-,25+,26-,30-/m1/s1. The molecule has 10 nitrogen and oxygen atoms in total. The van der Waals surface area contributed by atoms with Crippen LogP contribution < -0.4 is 29.2 Å². The molecule has 3 heterocycles. The monoisotopic (exact) mass is 544 g/mol. The number of nitrogens with one attached hydrogen (secondary N) is 1. The molecule has 4 atom stereocenters. The number of benzene rings is 3. The van der Waals surface area contributed by atoms with E-state index < -0.39 is 41.2 Å². The van der Waals surface area contributed by atoms with Crippen LogP contribution in [0, 0.1) is 11.8 Å². The van der Waals surface area contributed by atoms with E-state index in [0.29, 0.717) is 53.0 Å². The second kappa shape index (κ2) is 9.87. The topological polar surface area (TPSA) is 113 Å². The van der Waals surface area contributed by atoms with Gasteiger partial charge in [0.2, 0.25) is 11.8 Å². The molecule has 40 heavy (non-hydrogen) atoms. The minimum atomic E-state index is -1.65. The van der Waals surface area contributed by atoms with Crippen molar-refractivity contribution >= 4 is 23.5 Å². The third-order valence-electron chi connectivity index (χ3n) is 7.86. The summed E-state index contributed by atoms with van der Waals surface area (Å²) in [5.74, 6) is -1.74. The third kappa shape index (κ3) is 3.70. The lowest BCUT2D eigenvalue weighted by molar-refractivity contribution is -0.152. The van der Waals surface area contributed by atoms with Gasteiger partial charge in [0.05, 0.1) is 38.9 Å². The molecular weight excluding hydrogens is 516 g/mol. The number of amides is 2. The fourth-order valence-electron chi connectivity index (χ4n) is 6.11. The lowest BCUT2D eigenvalue weighted by Gasteiger charge is -2.33. The SMILES string of the molecule is COC(=O)[C@]1(c2ccccc2)N[C@H](c2ccc(OC)cc2OC)[C@@H]2C(=O)N(c3ccc4c(c3)OCCO4)C(=O)[C@H]21. The van der Waals surface area contributed by atoms with E-state index in [1.54, 1.807) is 67.8 Å². The largest absolute Gasteiger partial charge is 0.497 e. The molecule has 0 aliphatic carbocycles. The van der Waals surface area contributed by atoms with Gasteiger partial charge in [-0.2, -0.15) is 0 Å². The van der Waals surface area contributed by atoms with Crippen molar-refractivity contribution in [3.05, 3.63) is 77.9 Å². The molecule has 3 aromatic rings.